The SMILES string of the molecule is Clc1ccc(/N=C/c2ccccc2)cc1. The second-order valence-corrected chi connectivity index (χ2v) is 3.58. The molecule has 0 aliphatic rings. The van der Waals surface area contributed by atoms with Crippen molar-refractivity contribution in [1.82, 2.24) is 0 Å². The van der Waals surface area contributed by atoms with Crippen LogP contribution < -0.4 is 0 Å². The molecule has 2 aromatic carbocycles. The van der Waals surface area contributed by atoms with Gasteiger partial charge in [-0.25, -0.2) is 0 Å². The van der Waals surface area contributed by atoms with Gasteiger partial charge in [0.1, 0.15) is 0 Å². The molecule has 0 heterocycles. The molecule has 1 nitrogen and oxygen atoms in total. The minimum absolute atomic E-state index is 0.730. The van der Waals surface area contributed by atoms with Crippen LogP contribution in [0.2, 0.25) is 5.02 Å². The summed E-state index contributed by atoms with van der Waals surface area (Å²) in [5, 5.41) is 0.730. The van der Waals surface area contributed by atoms with E-state index in [1.165, 1.54) is 0 Å². The molecule has 0 aromatic heterocycles. The molecule has 0 aliphatic heterocycles. The van der Waals surface area contributed by atoms with Crippen LogP contribution in [0, 0.1) is 0 Å². The molecule has 0 unspecified atom stereocenters. The molecule has 0 saturated carbocycles. The number of rotatable bonds is 2. The normalized spacial score (nSPS) is 10.7. The van der Waals surface area contributed by atoms with Crippen LogP contribution in [0.5, 0.6) is 0 Å². The Morgan fingerprint density at radius 2 is 1.53 bits per heavy atom. The van der Waals surface area contributed by atoms with Crippen LogP contribution in [0.25, 0.3) is 0 Å². The number of halogens is 1. The maximum atomic E-state index is 5.78. The molecule has 0 aliphatic carbocycles. The number of aliphatic imine (C=N–C) groups is 1. The van der Waals surface area contributed by atoms with Crippen molar-refractivity contribution < 1.29 is 0 Å². The zero-order valence-electron chi connectivity index (χ0n) is 8.10. The molecule has 74 valence electrons. The van der Waals surface area contributed by atoms with Crippen molar-refractivity contribution in [3.63, 3.8) is 0 Å². The molecule has 15 heavy (non-hydrogen) atoms. The van der Waals surface area contributed by atoms with Gasteiger partial charge >= 0.3 is 0 Å². The van der Waals surface area contributed by atoms with Crippen molar-refractivity contribution in [2.45, 2.75) is 0 Å². The molecule has 2 heteroatoms. The minimum Gasteiger partial charge on any atom is -0.256 e. The lowest BCUT2D eigenvalue weighted by molar-refractivity contribution is 1.52. The van der Waals surface area contributed by atoms with Gasteiger partial charge in [-0.3, -0.25) is 4.99 Å². The van der Waals surface area contributed by atoms with Gasteiger partial charge in [-0.2, -0.15) is 0 Å². The standard InChI is InChI=1S/C13H10ClN/c14-12-6-8-13(9-7-12)15-10-11-4-2-1-3-5-11/h1-10H/b15-10+. The zero-order chi connectivity index (χ0) is 10.5. The Morgan fingerprint density at radius 1 is 0.867 bits per heavy atom. The summed E-state index contributed by atoms with van der Waals surface area (Å²) in [5.41, 5.74) is 2.00. The Kier molecular flexibility index (Phi) is 3.15. The second-order valence-electron chi connectivity index (χ2n) is 3.15. The van der Waals surface area contributed by atoms with E-state index in [4.69, 9.17) is 11.6 Å². The van der Waals surface area contributed by atoms with Crippen LogP contribution in [-0.2, 0) is 0 Å². The van der Waals surface area contributed by atoms with Crippen molar-refractivity contribution in [2.75, 3.05) is 0 Å². The van der Waals surface area contributed by atoms with Crippen LogP contribution in [0.4, 0.5) is 5.69 Å². The van der Waals surface area contributed by atoms with Crippen molar-refractivity contribution in [3.8, 4) is 0 Å². The Hall–Kier alpha value is -1.60. The topological polar surface area (TPSA) is 12.4 Å². The number of hydrogen-bond donors (Lipinski definition) is 0. The first-order valence-corrected chi connectivity index (χ1v) is 5.07. The molecule has 0 amide bonds. The minimum atomic E-state index is 0.730. The third-order valence-electron chi connectivity index (χ3n) is 1.99. The van der Waals surface area contributed by atoms with Gasteiger partial charge in [0.15, 0.2) is 0 Å². The van der Waals surface area contributed by atoms with Crippen LogP contribution >= 0.6 is 11.6 Å². The number of benzene rings is 2. The summed E-state index contributed by atoms with van der Waals surface area (Å²) >= 11 is 5.78. The highest BCUT2D eigenvalue weighted by Gasteiger charge is 1.88. The van der Waals surface area contributed by atoms with E-state index in [0.717, 1.165) is 16.3 Å². The van der Waals surface area contributed by atoms with Gasteiger partial charge in [-0.05, 0) is 29.8 Å². The molecular weight excluding hydrogens is 206 g/mol. The van der Waals surface area contributed by atoms with Gasteiger partial charge in [0.2, 0.25) is 0 Å². The fourth-order valence-corrected chi connectivity index (χ4v) is 1.34. The Labute approximate surface area is 94.1 Å². The molecule has 0 N–H and O–H groups in total. The van der Waals surface area contributed by atoms with E-state index in [9.17, 15) is 0 Å². The van der Waals surface area contributed by atoms with E-state index < -0.39 is 0 Å². The molecule has 2 aromatic rings. The van der Waals surface area contributed by atoms with Crippen LogP contribution in [0.1, 0.15) is 5.56 Å². The average Bonchev–Trinajstić information content (AvgIpc) is 2.30. The fraction of sp³-hybridized carbons (Fsp3) is 0. The van der Waals surface area contributed by atoms with Crippen LogP contribution in [0.15, 0.2) is 59.6 Å². The van der Waals surface area contributed by atoms with Crippen molar-refractivity contribution in [1.29, 1.82) is 0 Å². The molecule has 0 atom stereocenters. The van der Waals surface area contributed by atoms with Gasteiger partial charge < -0.3 is 0 Å². The van der Waals surface area contributed by atoms with Gasteiger partial charge in [-0.1, -0.05) is 41.9 Å². The van der Waals surface area contributed by atoms with Crippen molar-refractivity contribution in [2.24, 2.45) is 4.99 Å². The number of nitrogens with zero attached hydrogens (tertiary/aromatic N) is 1. The van der Waals surface area contributed by atoms with Gasteiger partial charge in [0, 0.05) is 11.2 Å². The molecule has 0 bridgehead atoms. The van der Waals surface area contributed by atoms with Crippen molar-refractivity contribution >= 4 is 23.5 Å². The predicted octanol–water partition coefficient (Wildman–Crippen LogP) is 4.09. The Bertz CT molecular complexity index is 446. The third kappa shape index (κ3) is 2.93. The Balaban J connectivity index is 2.15. The molecule has 0 radical (unpaired) electrons. The average molecular weight is 216 g/mol. The van der Waals surface area contributed by atoms with E-state index in [2.05, 4.69) is 4.99 Å². The van der Waals surface area contributed by atoms with Crippen molar-refractivity contribution in [3.05, 3.63) is 65.2 Å². The van der Waals surface area contributed by atoms with E-state index in [0.29, 0.717) is 0 Å². The highest BCUT2D eigenvalue weighted by molar-refractivity contribution is 6.30. The molecular formula is C13H10ClN. The lowest BCUT2D eigenvalue weighted by atomic mass is 10.2. The lowest BCUT2D eigenvalue weighted by Crippen LogP contribution is -1.77. The fourth-order valence-electron chi connectivity index (χ4n) is 1.22. The van der Waals surface area contributed by atoms with Gasteiger partial charge in [-0.15, -0.1) is 0 Å². The highest BCUT2D eigenvalue weighted by atomic mass is 35.5. The van der Waals surface area contributed by atoms with E-state index in [-0.39, 0.29) is 0 Å². The lowest BCUT2D eigenvalue weighted by Gasteiger charge is -1.94. The monoisotopic (exact) mass is 215 g/mol. The molecule has 0 spiro atoms. The third-order valence-corrected chi connectivity index (χ3v) is 2.24. The summed E-state index contributed by atoms with van der Waals surface area (Å²) in [6.07, 6.45) is 1.84. The van der Waals surface area contributed by atoms with Crippen LogP contribution in [-0.4, -0.2) is 6.21 Å². The maximum absolute atomic E-state index is 5.78. The van der Waals surface area contributed by atoms with Gasteiger partial charge in [0.05, 0.1) is 5.69 Å². The largest absolute Gasteiger partial charge is 0.256 e. The second kappa shape index (κ2) is 4.76. The van der Waals surface area contributed by atoms with E-state index in [1.807, 2.05) is 60.8 Å². The number of hydrogen-bond acceptors (Lipinski definition) is 1. The first-order valence-electron chi connectivity index (χ1n) is 4.69. The Morgan fingerprint density at radius 3 is 2.20 bits per heavy atom. The molecule has 0 saturated heterocycles. The zero-order valence-corrected chi connectivity index (χ0v) is 8.85. The molecule has 0 fully saturated rings. The van der Waals surface area contributed by atoms with Crippen LogP contribution in [0.3, 0.4) is 0 Å². The van der Waals surface area contributed by atoms with E-state index in [1.54, 1.807) is 0 Å². The summed E-state index contributed by atoms with van der Waals surface area (Å²) in [6, 6.07) is 17.4. The summed E-state index contributed by atoms with van der Waals surface area (Å²) in [7, 11) is 0. The highest BCUT2D eigenvalue weighted by Crippen LogP contribution is 2.15. The summed E-state index contributed by atoms with van der Waals surface area (Å²) in [4.78, 5) is 4.33. The van der Waals surface area contributed by atoms with Gasteiger partial charge in [0.25, 0.3) is 0 Å². The molecule has 2 rings (SSSR count). The first kappa shape index (κ1) is 9.94. The first-order chi connectivity index (χ1) is 7.34. The summed E-state index contributed by atoms with van der Waals surface area (Å²) in [5.74, 6) is 0. The summed E-state index contributed by atoms with van der Waals surface area (Å²) in [6.45, 7) is 0. The smallest absolute Gasteiger partial charge is 0.0630 e. The van der Waals surface area contributed by atoms with E-state index >= 15 is 0 Å². The predicted molar refractivity (Wildman–Crippen MR) is 65.1 cm³/mol. The summed E-state index contributed by atoms with van der Waals surface area (Å²) < 4.78 is 0. The quantitative estimate of drug-likeness (QED) is 0.669. The maximum Gasteiger partial charge on any atom is 0.0630 e.